The van der Waals surface area contributed by atoms with Crippen LogP contribution in [0.4, 0.5) is 8.78 Å². The van der Waals surface area contributed by atoms with Crippen LogP contribution in [0, 0.1) is 0 Å². The maximum absolute atomic E-state index is 12.8. The van der Waals surface area contributed by atoms with E-state index in [2.05, 4.69) is 0 Å². The molecule has 1 saturated heterocycles. The van der Waals surface area contributed by atoms with Gasteiger partial charge in [-0.3, -0.25) is 4.79 Å². The molecule has 1 fully saturated rings. The Hall–Kier alpha value is -1.54. The van der Waals surface area contributed by atoms with Gasteiger partial charge < -0.3 is 14.7 Å². The number of hydrogen-bond donors (Lipinski definition) is 1. The fourth-order valence-corrected chi connectivity index (χ4v) is 4.08. The number of aliphatic hydroxyl groups excluding tert-OH is 1. The minimum Gasteiger partial charge on any atom is -0.485 e. The van der Waals surface area contributed by atoms with E-state index < -0.39 is 34.3 Å². The van der Waals surface area contributed by atoms with Gasteiger partial charge in [0.15, 0.2) is 0 Å². The molecule has 1 unspecified atom stereocenters. The van der Waals surface area contributed by atoms with Crippen LogP contribution >= 0.6 is 0 Å². The molecule has 0 aliphatic carbocycles. The molecule has 1 aromatic carbocycles. The summed E-state index contributed by atoms with van der Waals surface area (Å²) < 4.78 is 43.2. The van der Waals surface area contributed by atoms with E-state index in [-0.39, 0.29) is 10.8 Å². The van der Waals surface area contributed by atoms with Crippen molar-refractivity contribution in [3.63, 3.8) is 0 Å². The Labute approximate surface area is 147 Å². The first kappa shape index (κ1) is 18.3. The summed E-state index contributed by atoms with van der Waals surface area (Å²) in [6, 6.07) is 3.48. The molecule has 3 atom stereocenters. The van der Waals surface area contributed by atoms with Crippen molar-refractivity contribution in [1.29, 1.82) is 0 Å². The molecule has 2 aliphatic heterocycles. The Morgan fingerprint density at radius 2 is 2.08 bits per heavy atom. The summed E-state index contributed by atoms with van der Waals surface area (Å²) in [4.78, 5) is 13.9. The Kier molecular flexibility index (Phi) is 4.85. The van der Waals surface area contributed by atoms with Crippen molar-refractivity contribution in [3.05, 3.63) is 23.8 Å². The van der Waals surface area contributed by atoms with Crippen LogP contribution in [0.15, 0.2) is 23.1 Å². The number of carbonyl (C=O) groups is 1. The van der Waals surface area contributed by atoms with Crippen molar-refractivity contribution >= 4 is 16.7 Å². The second-order valence-corrected chi connectivity index (χ2v) is 8.32. The summed E-state index contributed by atoms with van der Waals surface area (Å²) >= 11 is 0. The fraction of sp³-hybridized carbons (Fsp3) is 0.588. The Morgan fingerprint density at radius 1 is 1.36 bits per heavy atom. The average molecular weight is 373 g/mol. The van der Waals surface area contributed by atoms with Crippen LogP contribution in [0.5, 0.6) is 5.75 Å². The van der Waals surface area contributed by atoms with Gasteiger partial charge >= 0.3 is 5.76 Å². The molecule has 1 aromatic rings. The van der Waals surface area contributed by atoms with Gasteiger partial charge in [-0.2, -0.15) is 8.78 Å². The number of piperidine rings is 1. The lowest BCUT2D eigenvalue weighted by Crippen LogP contribution is -2.55. The molecule has 25 heavy (non-hydrogen) atoms. The number of halogens is 2. The van der Waals surface area contributed by atoms with Crippen molar-refractivity contribution in [1.82, 2.24) is 4.90 Å². The van der Waals surface area contributed by atoms with E-state index in [9.17, 15) is 22.9 Å². The zero-order chi connectivity index (χ0) is 18.4. The van der Waals surface area contributed by atoms with Crippen molar-refractivity contribution in [2.24, 2.45) is 0 Å². The highest BCUT2D eigenvalue weighted by Crippen LogP contribution is 2.44. The predicted octanol–water partition coefficient (Wildman–Crippen LogP) is 2.60. The number of amides is 1. The normalized spacial score (nSPS) is 27.0. The highest BCUT2D eigenvalue weighted by Gasteiger charge is 2.47. The second-order valence-electron chi connectivity index (χ2n) is 6.90. The van der Waals surface area contributed by atoms with Gasteiger partial charge in [-0.05, 0) is 44.9 Å². The van der Waals surface area contributed by atoms with E-state index in [4.69, 9.17) is 4.74 Å². The van der Waals surface area contributed by atoms with Crippen LogP contribution in [0.2, 0.25) is 0 Å². The molecule has 0 radical (unpaired) electrons. The number of hydrogen-bond acceptors (Lipinski definition) is 4. The number of aliphatic hydroxyl groups is 1. The van der Waals surface area contributed by atoms with E-state index in [1.165, 1.54) is 18.2 Å². The summed E-state index contributed by atoms with van der Waals surface area (Å²) in [5.41, 5.74) is -0.521. The van der Waals surface area contributed by atoms with Crippen molar-refractivity contribution < 1.29 is 27.6 Å². The summed E-state index contributed by atoms with van der Waals surface area (Å²) in [5.74, 6) is -2.67. The van der Waals surface area contributed by atoms with Gasteiger partial charge in [-0.15, -0.1) is 0 Å². The molecule has 0 bridgehead atoms. The first-order valence-electron chi connectivity index (χ1n) is 8.21. The fourth-order valence-electron chi connectivity index (χ4n) is 3.43. The molecular formula is C17H21F2NO4S. The van der Waals surface area contributed by atoms with Crippen molar-refractivity contribution in [2.45, 2.75) is 61.5 Å². The first-order chi connectivity index (χ1) is 11.7. The number of nitrogens with zero attached hydrogens (tertiary/aromatic N) is 1. The number of alkyl halides is 2. The van der Waals surface area contributed by atoms with Crippen LogP contribution in [0.1, 0.15) is 44.7 Å². The summed E-state index contributed by atoms with van der Waals surface area (Å²) in [5, 5.41) is 10.8. The summed E-state index contributed by atoms with van der Waals surface area (Å²) in [7, 11) is -2.47. The number of ether oxygens (including phenoxy) is 1. The lowest BCUT2D eigenvalue weighted by molar-refractivity contribution is -0.147. The monoisotopic (exact) mass is 373 g/mol. The molecule has 2 heterocycles. The van der Waals surface area contributed by atoms with Gasteiger partial charge in [0.25, 0.3) is 0 Å². The third-order valence-electron chi connectivity index (χ3n) is 4.77. The SMILES string of the molecule is CC1(C)Oc2ccc(S(=O)C(F)F)cc2[C@H](N2CCCCC2=O)[C@H]1O. The van der Waals surface area contributed by atoms with Crippen LogP contribution in [-0.2, 0) is 15.6 Å². The molecule has 8 heteroatoms. The van der Waals surface area contributed by atoms with E-state index in [0.717, 1.165) is 12.8 Å². The van der Waals surface area contributed by atoms with Gasteiger partial charge in [0, 0.05) is 23.4 Å². The highest BCUT2D eigenvalue weighted by atomic mass is 32.2. The Bertz CT molecular complexity index is 710. The molecule has 0 saturated carbocycles. The molecule has 138 valence electrons. The van der Waals surface area contributed by atoms with E-state index in [1.54, 1.807) is 18.7 Å². The molecule has 2 aliphatic rings. The predicted molar refractivity (Wildman–Crippen MR) is 87.9 cm³/mol. The minimum absolute atomic E-state index is 0.0429. The third-order valence-corrected chi connectivity index (χ3v) is 5.82. The highest BCUT2D eigenvalue weighted by molar-refractivity contribution is 7.85. The number of fused-ring (bicyclic) bond motifs is 1. The molecule has 1 amide bonds. The molecule has 0 aromatic heterocycles. The molecule has 1 N–H and O–H groups in total. The Morgan fingerprint density at radius 3 is 2.72 bits per heavy atom. The zero-order valence-electron chi connectivity index (χ0n) is 14.1. The van der Waals surface area contributed by atoms with E-state index >= 15 is 0 Å². The third kappa shape index (κ3) is 3.29. The second kappa shape index (κ2) is 6.64. The van der Waals surface area contributed by atoms with E-state index in [1.807, 2.05) is 0 Å². The smallest absolute Gasteiger partial charge is 0.316 e. The molecule has 3 rings (SSSR count). The average Bonchev–Trinajstić information content (AvgIpc) is 2.56. The molecular weight excluding hydrogens is 352 g/mol. The van der Waals surface area contributed by atoms with Gasteiger partial charge in [-0.1, -0.05) is 0 Å². The maximum Gasteiger partial charge on any atom is 0.316 e. The lowest BCUT2D eigenvalue weighted by Gasteiger charge is -2.47. The maximum atomic E-state index is 12.8. The van der Waals surface area contributed by atoms with Crippen LogP contribution < -0.4 is 4.74 Å². The standard InChI is InChI=1S/C17H21F2NO4S/c1-17(2)15(22)14(20-8-4-3-5-13(20)21)11-9-10(25(23)16(18)19)6-7-12(11)24-17/h6-7,9,14-16,22H,3-5,8H2,1-2H3/t14-,15+,25?/m0/s1. The number of carbonyl (C=O) groups excluding carboxylic acids is 1. The molecule has 5 nitrogen and oxygen atoms in total. The van der Waals surface area contributed by atoms with E-state index in [0.29, 0.717) is 24.3 Å². The first-order valence-corrected chi connectivity index (χ1v) is 9.43. The largest absolute Gasteiger partial charge is 0.485 e. The van der Waals surface area contributed by atoms with Gasteiger partial charge in [-0.25, -0.2) is 4.21 Å². The number of benzene rings is 1. The summed E-state index contributed by atoms with van der Waals surface area (Å²) in [6.45, 7) is 3.92. The number of rotatable bonds is 3. The van der Waals surface area contributed by atoms with Gasteiger partial charge in [0.2, 0.25) is 5.91 Å². The van der Waals surface area contributed by atoms with Crippen LogP contribution in [-0.4, -0.2) is 44.1 Å². The Balaban J connectivity index is 2.09. The topological polar surface area (TPSA) is 66.8 Å². The zero-order valence-corrected chi connectivity index (χ0v) is 14.9. The van der Waals surface area contributed by atoms with Gasteiger partial charge in [0.1, 0.15) is 28.3 Å². The quantitative estimate of drug-likeness (QED) is 0.884. The van der Waals surface area contributed by atoms with Crippen LogP contribution in [0.3, 0.4) is 0 Å². The minimum atomic E-state index is -3.00. The molecule has 0 spiro atoms. The van der Waals surface area contributed by atoms with Crippen LogP contribution in [0.25, 0.3) is 0 Å². The van der Waals surface area contributed by atoms with Crippen molar-refractivity contribution in [2.75, 3.05) is 6.54 Å². The van der Waals surface area contributed by atoms with Crippen molar-refractivity contribution in [3.8, 4) is 5.75 Å². The summed E-state index contributed by atoms with van der Waals surface area (Å²) in [6.07, 6.45) is 0.967. The van der Waals surface area contributed by atoms with Gasteiger partial charge in [0.05, 0.1) is 6.04 Å². The lowest BCUT2D eigenvalue weighted by atomic mass is 9.84. The number of likely N-dealkylation sites (tertiary alicyclic amines) is 1.